The topological polar surface area (TPSA) is 76.5 Å². The van der Waals surface area contributed by atoms with E-state index in [-0.39, 0.29) is 11.9 Å². The number of imidazole rings is 1. The van der Waals surface area contributed by atoms with E-state index >= 15 is 0 Å². The van der Waals surface area contributed by atoms with Gasteiger partial charge in [-0.15, -0.1) is 0 Å². The summed E-state index contributed by atoms with van der Waals surface area (Å²) in [7, 11) is 0. The van der Waals surface area contributed by atoms with Crippen LogP contribution < -0.4 is 0 Å². The van der Waals surface area contributed by atoms with Crippen molar-refractivity contribution in [3.05, 3.63) is 48.6 Å². The molecule has 0 N–H and O–H groups in total. The summed E-state index contributed by atoms with van der Waals surface area (Å²) in [5.41, 5.74) is 1.59. The molecule has 1 saturated heterocycles. The van der Waals surface area contributed by atoms with Gasteiger partial charge in [-0.05, 0) is 25.0 Å². The normalized spacial score (nSPS) is 18.5. The average Bonchev–Trinajstić information content (AvgIpc) is 3.24. The number of hydrogen-bond acceptors (Lipinski definition) is 5. The fourth-order valence-corrected chi connectivity index (χ4v) is 2.81. The largest absolute Gasteiger partial charge is 0.337 e. The lowest BCUT2D eigenvalue weighted by Gasteiger charge is -2.21. The maximum atomic E-state index is 12.7. The molecule has 1 atom stereocenters. The minimum absolute atomic E-state index is 0.0219. The van der Waals surface area contributed by atoms with Gasteiger partial charge in [0, 0.05) is 12.7 Å². The van der Waals surface area contributed by atoms with Crippen LogP contribution in [0.3, 0.4) is 0 Å². The summed E-state index contributed by atoms with van der Waals surface area (Å²) in [6.45, 7) is 0.702. The summed E-state index contributed by atoms with van der Waals surface area (Å²) < 4.78 is 6.96. The number of aromatic nitrogens is 4. The lowest BCUT2D eigenvalue weighted by atomic mass is 10.2. The highest BCUT2D eigenvalue weighted by Crippen LogP contribution is 2.31. The second-order valence-electron chi connectivity index (χ2n) is 5.08. The summed E-state index contributed by atoms with van der Waals surface area (Å²) in [4.78, 5) is 22.7. The molecule has 4 rings (SSSR count). The van der Waals surface area contributed by atoms with Gasteiger partial charge in [-0.25, -0.2) is 4.98 Å². The molecule has 0 aromatic carbocycles. The summed E-state index contributed by atoms with van der Waals surface area (Å²) in [5.74, 6) is 0.482. The third kappa shape index (κ3) is 1.97. The maximum Gasteiger partial charge on any atom is 0.256 e. The van der Waals surface area contributed by atoms with Crippen molar-refractivity contribution in [1.29, 1.82) is 0 Å². The molecular weight excluding hydrogens is 270 g/mol. The van der Waals surface area contributed by atoms with Crippen molar-refractivity contribution < 1.29 is 9.32 Å². The van der Waals surface area contributed by atoms with Gasteiger partial charge in [0.05, 0.1) is 23.6 Å². The Balaban J connectivity index is 1.66. The van der Waals surface area contributed by atoms with Gasteiger partial charge >= 0.3 is 0 Å². The fraction of sp³-hybridized carbons (Fsp3) is 0.286. The number of hydrogen-bond donors (Lipinski definition) is 0. The standard InChI is InChI=1S/C14H13N5O2/c20-14(10-3-4-11-6-15-9-18(11)7-10)19-5-1-2-12(19)13-16-8-17-21-13/h3-4,6-9,12H,1-2,5H2/t12-/m0/s1. The van der Waals surface area contributed by atoms with Crippen molar-refractivity contribution in [2.45, 2.75) is 18.9 Å². The first-order valence-electron chi connectivity index (χ1n) is 6.82. The number of carbonyl (C=O) groups is 1. The zero-order valence-electron chi connectivity index (χ0n) is 11.2. The molecule has 0 spiro atoms. The lowest BCUT2D eigenvalue weighted by molar-refractivity contribution is 0.0709. The van der Waals surface area contributed by atoms with Gasteiger partial charge < -0.3 is 13.8 Å². The van der Waals surface area contributed by atoms with Crippen molar-refractivity contribution >= 4 is 11.4 Å². The Kier molecular flexibility index (Phi) is 2.70. The first-order chi connectivity index (χ1) is 10.3. The van der Waals surface area contributed by atoms with E-state index in [0.29, 0.717) is 18.0 Å². The number of pyridine rings is 1. The second-order valence-corrected chi connectivity index (χ2v) is 5.08. The molecule has 1 amide bonds. The van der Waals surface area contributed by atoms with E-state index in [1.807, 2.05) is 16.5 Å². The Morgan fingerprint density at radius 1 is 1.38 bits per heavy atom. The lowest BCUT2D eigenvalue weighted by Crippen LogP contribution is -2.30. The summed E-state index contributed by atoms with van der Waals surface area (Å²) in [5, 5.41) is 3.63. The van der Waals surface area contributed by atoms with Crippen LogP contribution in [0.2, 0.25) is 0 Å². The zero-order chi connectivity index (χ0) is 14.2. The molecule has 0 radical (unpaired) electrons. The first-order valence-corrected chi connectivity index (χ1v) is 6.82. The molecule has 0 saturated carbocycles. The van der Waals surface area contributed by atoms with E-state index in [2.05, 4.69) is 15.1 Å². The van der Waals surface area contributed by atoms with Crippen LogP contribution in [0.4, 0.5) is 0 Å². The van der Waals surface area contributed by atoms with Gasteiger partial charge in [0.2, 0.25) is 5.89 Å². The fourth-order valence-electron chi connectivity index (χ4n) is 2.81. The van der Waals surface area contributed by atoms with E-state index in [1.54, 1.807) is 23.6 Å². The number of fused-ring (bicyclic) bond motifs is 1. The predicted octanol–water partition coefficient (Wildman–Crippen LogP) is 1.69. The molecule has 1 fully saturated rings. The second kappa shape index (κ2) is 4.69. The van der Waals surface area contributed by atoms with Crippen LogP contribution in [0.1, 0.15) is 35.1 Å². The predicted molar refractivity (Wildman–Crippen MR) is 72.5 cm³/mol. The highest BCUT2D eigenvalue weighted by atomic mass is 16.5. The van der Waals surface area contributed by atoms with Crippen LogP contribution in [0, 0.1) is 0 Å². The van der Waals surface area contributed by atoms with Crippen molar-refractivity contribution in [3.8, 4) is 0 Å². The van der Waals surface area contributed by atoms with E-state index in [9.17, 15) is 4.79 Å². The van der Waals surface area contributed by atoms with Crippen LogP contribution in [0.5, 0.6) is 0 Å². The number of likely N-dealkylation sites (tertiary alicyclic amines) is 1. The minimum Gasteiger partial charge on any atom is -0.337 e. The summed E-state index contributed by atoms with van der Waals surface area (Å²) in [6.07, 6.45) is 8.39. The Labute approximate surface area is 120 Å². The van der Waals surface area contributed by atoms with Gasteiger partial charge in [-0.1, -0.05) is 5.16 Å². The van der Waals surface area contributed by atoms with Crippen molar-refractivity contribution in [2.75, 3.05) is 6.54 Å². The number of nitrogens with zero attached hydrogens (tertiary/aromatic N) is 5. The molecule has 3 aromatic rings. The molecule has 7 heteroatoms. The molecule has 1 aliphatic rings. The molecule has 21 heavy (non-hydrogen) atoms. The molecule has 0 bridgehead atoms. The smallest absolute Gasteiger partial charge is 0.256 e. The third-order valence-corrected chi connectivity index (χ3v) is 3.83. The Hall–Kier alpha value is -2.70. The molecule has 0 aliphatic carbocycles. The maximum absolute atomic E-state index is 12.7. The van der Waals surface area contributed by atoms with E-state index in [4.69, 9.17) is 4.52 Å². The van der Waals surface area contributed by atoms with Gasteiger partial charge in [0.15, 0.2) is 6.33 Å². The Morgan fingerprint density at radius 2 is 2.33 bits per heavy atom. The van der Waals surface area contributed by atoms with E-state index in [1.165, 1.54) is 6.33 Å². The van der Waals surface area contributed by atoms with Crippen LogP contribution in [-0.4, -0.2) is 36.9 Å². The Morgan fingerprint density at radius 3 is 3.19 bits per heavy atom. The highest BCUT2D eigenvalue weighted by molar-refractivity contribution is 5.94. The minimum atomic E-state index is -0.126. The van der Waals surface area contributed by atoms with Crippen LogP contribution in [0.15, 0.2) is 41.7 Å². The molecular formula is C14H13N5O2. The van der Waals surface area contributed by atoms with E-state index in [0.717, 1.165) is 18.4 Å². The van der Waals surface area contributed by atoms with Gasteiger partial charge in [-0.2, -0.15) is 4.98 Å². The molecule has 0 unspecified atom stereocenters. The van der Waals surface area contributed by atoms with Crippen molar-refractivity contribution in [3.63, 3.8) is 0 Å². The Bertz CT molecular complexity index is 780. The number of carbonyl (C=O) groups excluding carboxylic acids is 1. The zero-order valence-corrected chi connectivity index (χ0v) is 11.2. The van der Waals surface area contributed by atoms with Crippen LogP contribution in [0.25, 0.3) is 5.52 Å². The van der Waals surface area contributed by atoms with E-state index < -0.39 is 0 Å². The molecule has 1 aliphatic heterocycles. The summed E-state index contributed by atoms with van der Waals surface area (Å²) >= 11 is 0. The number of rotatable bonds is 2. The quantitative estimate of drug-likeness (QED) is 0.715. The van der Waals surface area contributed by atoms with Gasteiger partial charge in [0.1, 0.15) is 6.04 Å². The third-order valence-electron chi connectivity index (χ3n) is 3.83. The van der Waals surface area contributed by atoms with Crippen LogP contribution in [-0.2, 0) is 0 Å². The highest BCUT2D eigenvalue weighted by Gasteiger charge is 2.34. The molecule has 3 aromatic heterocycles. The summed E-state index contributed by atoms with van der Waals surface area (Å²) in [6, 6.07) is 3.58. The van der Waals surface area contributed by atoms with Crippen LogP contribution >= 0.6 is 0 Å². The monoisotopic (exact) mass is 283 g/mol. The van der Waals surface area contributed by atoms with Gasteiger partial charge in [0.25, 0.3) is 5.91 Å². The molecule has 106 valence electrons. The van der Waals surface area contributed by atoms with Crippen molar-refractivity contribution in [1.82, 2.24) is 24.4 Å². The van der Waals surface area contributed by atoms with Crippen molar-refractivity contribution in [2.24, 2.45) is 0 Å². The molecule has 7 nitrogen and oxygen atoms in total. The SMILES string of the molecule is O=C(c1ccc2cncn2c1)N1CCC[C@H]1c1ncno1. The average molecular weight is 283 g/mol. The number of amides is 1. The first kappa shape index (κ1) is 12.1. The van der Waals surface area contributed by atoms with Gasteiger partial charge in [-0.3, -0.25) is 4.79 Å². The molecule has 4 heterocycles.